The summed E-state index contributed by atoms with van der Waals surface area (Å²) in [5.74, 6) is 0.0771. The van der Waals surface area contributed by atoms with Gasteiger partial charge in [-0.1, -0.05) is 17.3 Å². The Hall–Kier alpha value is -4.01. The lowest BCUT2D eigenvalue weighted by atomic mass is 10.3. The molecular formula is C19H16N6O3. The Kier molecular flexibility index (Phi) is 4.55. The summed E-state index contributed by atoms with van der Waals surface area (Å²) in [6.45, 7) is 2.02. The number of hydrogen-bond acceptors (Lipinski definition) is 6. The Morgan fingerprint density at radius 1 is 1.18 bits per heavy atom. The molecule has 0 atom stereocenters. The first-order chi connectivity index (χ1) is 13.6. The standard InChI is InChI=1S/C19H16N6O3/c1-12-9-15(24-28-12)22-18(26)16-14-6-2-3-8-25(14)17(23-16)19(27)21-11-13-5-4-7-20-10-13/h2-10H,11H2,1H3,(H,21,27)(H,22,24,26). The van der Waals surface area contributed by atoms with Crippen LogP contribution < -0.4 is 10.6 Å². The molecule has 0 unspecified atom stereocenters. The number of anilines is 1. The monoisotopic (exact) mass is 376 g/mol. The van der Waals surface area contributed by atoms with Crippen molar-refractivity contribution in [3.63, 3.8) is 0 Å². The molecule has 0 aliphatic heterocycles. The molecule has 0 spiro atoms. The minimum atomic E-state index is -0.483. The number of aryl methyl sites for hydroxylation is 1. The van der Waals surface area contributed by atoms with Gasteiger partial charge in [-0.2, -0.15) is 0 Å². The number of carbonyl (C=O) groups is 2. The predicted octanol–water partition coefficient (Wildman–Crippen LogP) is 2.21. The van der Waals surface area contributed by atoms with Crippen LogP contribution in [-0.4, -0.2) is 31.3 Å². The number of hydrogen-bond donors (Lipinski definition) is 2. The summed E-state index contributed by atoms with van der Waals surface area (Å²) in [4.78, 5) is 33.6. The zero-order valence-electron chi connectivity index (χ0n) is 14.9. The van der Waals surface area contributed by atoms with Crippen molar-refractivity contribution in [1.29, 1.82) is 0 Å². The van der Waals surface area contributed by atoms with Gasteiger partial charge in [-0.25, -0.2) is 4.98 Å². The molecule has 0 saturated carbocycles. The highest BCUT2D eigenvalue weighted by Crippen LogP contribution is 2.16. The predicted molar refractivity (Wildman–Crippen MR) is 99.8 cm³/mol. The average molecular weight is 376 g/mol. The number of pyridine rings is 2. The second-order valence-corrected chi connectivity index (χ2v) is 6.06. The molecule has 0 aliphatic carbocycles. The van der Waals surface area contributed by atoms with E-state index in [2.05, 4.69) is 25.8 Å². The van der Waals surface area contributed by atoms with E-state index in [4.69, 9.17) is 4.52 Å². The minimum Gasteiger partial charge on any atom is -0.360 e. The van der Waals surface area contributed by atoms with Crippen LogP contribution in [0.5, 0.6) is 0 Å². The van der Waals surface area contributed by atoms with Crippen LogP contribution >= 0.6 is 0 Å². The van der Waals surface area contributed by atoms with E-state index in [1.165, 1.54) is 0 Å². The van der Waals surface area contributed by atoms with Gasteiger partial charge >= 0.3 is 0 Å². The Morgan fingerprint density at radius 3 is 2.82 bits per heavy atom. The molecule has 4 rings (SSSR count). The van der Waals surface area contributed by atoms with Crippen LogP contribution in [0, 0.1) is 6.92 Å². The highest BCUT2D eigenvalue weighted by atomic mass is 16.5. The number of aromatic nitrogens is 4. The Balaban J connectivity index is 1.60. The van der Waals surface area contributed by atoms with Gasteiger partial charge in [0.25, 0.3) is 11.8 Å². The van der Waals surface area contributed by atoms with Crippen molar-refractivity contribution in [3.05, 3.63) is 77.8 Å². The number of fused-ring (bicyclic) bond motifs is 1. The lowest BCUT2D eigenvalue weighted by Gasteiger charge is -2.04. The molecule has 4 aromatic heterocycles. The fraction of sp³-hybridized carbons (Fsp3) is 0.105. The average Bonchev–Trinajstić information content (AvgIpc) is 3.30. The van der Waals surface area contributed by atoms with E-state index in [1.54, 1.807) is 60.2 Å². The quantitative estimate of drug-likeness (QED) is 0.552. The molecule has 9 heteroatoms. The van der Waals surface area contributed by atoms with Crippen molar-refractivity contribution in [2.24, 2.45) is 0 Å². The van der Waals surface area contributed by atoms with E-state index < -0.39 is 11.8 Å². The van der Waals surface area contributed by atoms with E-state index in [1.807, 2.05) is 6.07 Å². The van der Waals surface area contributed by atoms with Gasteiger partial charge in [0.05, 0.1) is 5.52 Å². The third-order valence-electron chi connectivity index (χ3n) is 4.01. The molecule has 0 aromatic carbocycles. The van der Waals surface area contributed by atoms with Crippen molar-refractivity contribution in [2.75, 3.05) is 5.32 Å². The van der Waals surface area contributed by atoms with E-state index in [-0.39, 0.29) is 17.3 Å². The van der Waals surface area contributed by atoms with Crippen LogP contribution in [-0.2, 0) is 6.54 Å². The van der Waals surface area contributed by atoms with Crippen LogP contribution in [0.3, 0.4) is 0 Å². The van der Waals surface area contributed by atoms with E-state index in [0.717, 1.165) is 5.56 Å². The lowest BCUT2D eigenvalue weighted by molar-refractivity contribution is 0.0940. The molecule has 0 fully saturated rings. The summed E-state index contributed by atoms with van der Waals surface area (Å²) in [6, 6.07) is 10.5. The van der Waals surface area contributed by atoms with Gasteiger partial charge in [0, 0.05) is 31.2 Å². The first kappa shape index (κ1) is 17.4. The molecule has 4 heterocycles. The Morgan fingerprint density at radius 2 is 2.07 bits per heavy atom. The third kappa shape index (κ3) is 3.45. The summed E-state index contributed by atoms with van der Waals surface area (Å²) in [5, 5.41) is 9.15. The van der Waals surface area contributed by atoms with Crippen LogP contribution in [0.1, 0.15) is 32.4 Å². The summed E-state index contributed by atoms with van der Waals surface area (Å²) >= 11 is 0. The van der Waals surface area contributed by atoms with Gasteiger partial charge in [-0.05, 0) is 30.7 Å². The number of rotatable bonds is 5. The second kappa shape index (κ2) is 7.31. The number of imidazole rings is 1. The highest BCUT2D eigenvalue weighted by molar-refractivity contribution is 6.08. The molecular weight excluding hydrogens is 360 g/mol. The zero-order valence-corrected chi connectivity index (χ0v) is 14.9. The molecule has 0 aliphatic rings. The van der Waals surface area contributed by atoms with Crippen LogP contribution in [0.4, 0.5) is 5.82 Å². The maximum atomic E-state index is 12.7. The molecule has 0 radical (unpaired) electrons. The van der Waals surface area contributed by atoms with Gasteiger partial charge in [-0.15, -0.1) is 0 Å². The topological polar surface area (TPSA) is 114 Å². The van der Waals surface area contributed by atoms with Gasteiger partial charge in [0.2, 0.25) is 5.82 Å². The third-order valence-corrected chi connectivity index (χ3v) is 4.01. The van der Waals surface area contributed by atoms with Gasteiger partial charge in [-0.3, -0.25) is 19.0 Å². The lowest BCUT2D eigenvalue weighted by Crippen LogP contribution is -2.25. The summed E-state index contributed by atoms with van der Waals surface area (Å²) in [7, 11) is 0. The first-order valence-electron chi connectivity index (χ1n) is 8.50. The molecule has 0 bridgehead atoms. The molecule has 9 nitrogen and oxygen atoms in total. The van der Waals surface area contributed by atoms with Crippen molar-refractivity contribution in [3.8, 4) is 0 Å². The fourth-order valence-corrected chi connectivity index (χ4v) is 2.73. The molecule has 2 N–H and O–H groups in total. The van der Waals surface area contributed by atoms with Gasteiger partial charge in [0.1, 0.15) is 5.76 Å². The summed E-state index contributed by atoms with van der Waals surface area (Å²) in [6.07, 6.45) is 5.01. The van der Waals surface area contributed by atoms with E-state index in [9.17, 15) is 9.59 Å². The minimum absolute atomic E-state index is 0.112. The summed E-state index contributed by atoms with van der Waals surface area (Å²) < 4.78 is 6.52. The molecule has 4 aromatic rings. The molecule has 28 heavy (non-hydrogen) atoms. The van der Waals surface area contributed by atoms with E-state index in [0.29, 0.717) is 17.8 Å². The maximum absolute atomic E-state index is 12.7. The number of amides is 2. The largest absolute Gasteiger partial charge is 0.360 e. The van der Waals surface area contributed by atoms with Crippen LogP contribution in [0.15, 0.2) is 59.5 Å². The molecule has 140 valence electrons. The second-order valence-electron chi connectivity index (χ2n) is 6.06. The SMILES string of the molecule is Cc1cc(NC(=O)c2nc(C(=O)NCc3cccnc3)n3ccccc23)no1. The smallest absolute Gasteiger partial charge is 0.287 e. The van der Waals surface area contributed by atoms with Crippen LogP contribution in [0.2, 0.25) is 0 Å². The van der Waals surface area contributed by atoms with Gasteiger partial charge in [0.15, 0.2) is 11.5 Å². The normalized spacial score (nSPS) is 10.8. The fourth-order valence-electron chi connectivity index (χ4n) is 2.73. The highest BCUT2D eigenvalue weighted by Gasteiger charge is 2.22. The molecule has 2 amide bonds. The van der Waals surface area contributed by atoms with E-state index >= 15 is 0 Å². The Labute approximate surface area is 159 Å². The van der Waals surface area contributed by atoms with Crippen molar-refractivity contribution in [1.82, 2.24) is 24.8 Å². The van der Waals surface area contributed by atoms with Crippen LogP contribution in [0.25, 0.3) is 5.52 Å². The van der Waals surface area contributed by atoms with Crippen molar-refractivity contribution in [2.45, 2.75) is 13.5 Å². The Bertz CT molecular complexity index is 1150. The number of carbonyl (C=O) groups excluding carboxylic acids is 2. The van der Waals surface area contributed by atoms with Gasteiger partial charge < -0.3 is 15.2 Å². The summed E-state index contributed by atoms with van der Waals surface area (Å²) in [5.41, 5.74) is 1.48. The maximum Gasteiger partial charge on any atom is 0.287 e. The zero-order chi connectivity index (χ0) is 19.5. The van der Waals surface area contributed by atoms with Crippen molar-refractivity contribution >= 4 is 23.1 Å². The van der Waals surface area contributed by atoms with Crippen molar-refractivity contribution < 1.29 is 14.1 Å². The number of nitrogens with zero attached hydrogens (tertiary/aromatic N) is 4. The molecule has 0 saturated heterocycles. The first-order valence-corrected chi connectivity index (χ1v) is 8.50. The number of nitrogens with one attached hydrogen (secondary N) is 2.